The summed E-state index contributed by atoms with van der Waals surface area (Å²) in [5.74, 6) is -0.334. The Morgan fingerprint density at radius 3 is 2.65 bits per heavy atom. The fraction of sp³-hybridized carbons (Fsp3) is 0.296. The van der Waals surface area contributed by atoms with Crippen LogP contribution in [-0.4, -0.2) is 35.9 Å². The van der Waals surface area contributed by atoms with Gasteiger partial charge in [-0.2, -0.15) is 0 Å². The third kappa shape index (κ3) is 3.46. The lowest BCUT2D eigenvalue weighted by molar-refractivity contribution is -0.135. The molecule has 3 heterocycles. The van der Waals surface area contributed by atoms with E-state index in [1.54, 1.807) is 31.3 Å². The highest BCUT2D eigenvalue weighted by atomic mass is 19.1. The number of rotatable bonds is 6. The number of hydrogen-bond donors (Lipinski definition) is 2. The molecule has 3 N–H and O–H groups in total. The van der Waals surface area contributed by atoms with Crippen molar-refractivity contribution in [2.45, 2.75) is 44.1 Å². The lowest BCUT2D eigenvalue weighted by atomic mass is 9.38. The highest BCUT2D eigenvalue weighted by Crippen LogP contribution is 2.69. The molecule has 0 radical (unpaired) electrons. The van der Waals surface area contributed by atoms with Crippen molar-refractivity contribution in [1.29, 1.82) is 0 Å². The number of nitrogens with one attached hydrogen (secondary N) is 1. The van der Waals surface area contributed by atoms with Crippen LogP contribution in [0.5, 0.6) is 11.8 Å². The standard InChI is InChI=1S/C27H26FN7O2/c1-14(2)24(36)34-27-10-26(11-27,12-27)21-19(20-22(29)31-13-32-23(20)35(21)4)16-5-6-18(17(28)9-16)37-25-30-8-7-15(3)33-25/h5-9,13H,1,10-12H2,2-4H3,(H,34,36)(H2,29,31,32). The Morgan fingerprint density at radius 2 is 1.97 bits per heavy atom. The van der Waals surface area contributed by atoms with E-state index in [0.29, 0.717) is 33.7 Å². The zero-order chi connectivity index (χ0) is 26.1. The molecule has 7 rings (SSSR count). The maximum absolute atomic E-state index is 15.3. The third-order valence-corrected chi connectivity index (χ3v) is 7.49. The van der Waals surface area contributed by atoms with Gasteiger partial charge in [0.1, 0.15) is 17.8 Å². The second kappa shape index (κ2) is 7.83. The molecule has 0 aliphatic heterocycles. The molecule has 3 aliphatic rings. The van der Waals surface area contributed by atoms with E-state index in [1.807, 2.05) is 18.5 Å². The molecular formula is C27H26FN7O2. The molecule has 0 spiro atoms. The second-order valence-electron chi connectivity index (χ2n) is 10.3. The first kappa shape index (κ1) is 23.1. The number of nitrogens with zero attached hydrogens (tertiary/aromatic N) is 5. The maximum Gasteiger partial charge on any atom is 0.322 e. The number of ether oxygens (including phenoxy) is 1. The number of nitrogens with two attached hydrogens (primary N) is 1. The van der Waals surface area contributed by atoms with Crippen molar-refractivity contribution in [2.75, 3.05) is 5.73 Å². The third-order valence-electron chi connectivity index (χ3n) is 7.49. The molecule has 3 fully saturated rings. The van der Waals surface area contributed by atoms with Crippen molar-refractivity contribution in [2.24, 2.45) is 7.05 Å². The number of halogens is 1. The van der Waals surface area contributed by atoms with E-state index in [2.05, 4.69) is 31.8 Å². The topological polar surface area (TPSA) is 121 Å². The van der Waals surface area contributed by atoms with Crippen molar-refractivity contribution in [1.82, 2.24) is 29.8 Å². The number of hydrogen-bond acceptors (Lipinski definition) is 7. The van der Waals surface area contributed by atoms with E-state index in [0.717, 1.165) is 30.5 Å². The normalized spacial score (nSPS) is 21.7. The van der Waals surface area contributed by atoms with Crippen molar-refractivity contribution < 1.29 is 13.9 Å². The van der Waals surface area contributed by atoms with E-state index in [-0.39, 0.29) is 28.6 Å². The van der Waals surface area contributed by atoms with Crippen LogP contribution < -0.4 is 15.8 Å². The number of fused-ring (bicyclic) bond motifs is 1. The number of aryl methyl sites for hydroxylation is 2. The molecule has 9 nitrogen and oxygen atoms in total. The number of amides is 1. The lowest BCUT2D eigenvalue weighted by Crippen LogP contribution is -2.77. The van der Waals surface area contributed by atoms with Gasteiger partial charge in [-0.3, -0.25) is 4.79 Å². The van der Waals surface area contributed by atoms with Crippen molar-refractivity contribution in [3.05, 3.63) is 66.1 Å². The van der Waals surface area contributed by atoms with E-state index in [1.165, 1.54) is 12.4 Å². The molecule has 2 bridgehead atoms. The quantitative estimate of drug-likeness (QED) is 0.383. The van der Waals surface area contributed by atoms with Gasteiger partial charge >= 0.3 is 6.01 Å². The lowest BCUT2D eigenvalue weighted by Gasteiger charge is -2.70. The molecule has 3 aromatic heterocycles. The number of carbonyl (C=O) groups is 1. The highest BCUT2D eigenvalue weighted by molar-refractivity contribution is 6.03. The summed E-state index contributed by atoms with van der Waals surface area (Å²) in [5, 5.41) is 3.81. The van der Waals surface area contributed by atoms with Gasteiger partial charge in [0.25, 0.3) is 0 Å². The summed E-state index contributed by atoms with van der Waals surface area (Å²) < 4.78 is 23.0. The van der Waals surface area contributed by atoms with E-state index in [4.69, 9.17) is 10.5 Å². The molecule has 1 aromatic carbocycles. The van der Waals surface area contributed by atoms with Gasteiger partial charge in [-0.25, -0.2) is 24.3 Å². The Hall–Kier alpha value is -4.34. The van der Waals surface area contributed by atoms with Gasteiger partial charge in [-0.05, 0) is 56.9 Å². The molecule has 3 aliphatic carbocycles. The van der Waals surface area contributed by atoms with E-state index in [9.17, 15) is 4.79 Å². The van der Waals surface area contributed by atoms with Crippen molar-refractivity contribution in [3.8, 4) is 22.9 Å². The molecule has 3 saturated carbocycles. The summed E-state index contributed by atoms with van der Waals surface area (Å²) >= 11 is 0. The van der Waals surface area contributed by atoms with Gasteiger partial charge in [-0.15, -0.1) is 0 Å². The minimum absolute atomic E-state index is 0.0207. The molecule has 1 amide bonds. The summed E-state index contributed by atoms with van der Waals surface area (Å²) in [6, 6.07) is 6.60. The van der Waals surface area contributed by atoms with Gasteiger partial charge in [0.05, 0.1) is 5.39 Å². The van der Waals surface area contributed by atoms with Crippen LogP contribution in [0.3, 0.4) is 0 Å². The fourth-order valence-electron chi connectivity index (χ4n) is 6.01. The van der Waals surface area contributed by atoms with Crippen LogP contribution in [0.4, 0.5) is 10.2 Å². The average molecular weight is 500 g/mol. The minimum Gasteiger partial charge on any atom is -0.421 e. The van der Waals surface area contributed by atoms with Crippen LogP contribution in [0, 0.1) is 12.7 Å². The summed E-state index contributed by atoms with van der Waals surface area (Å²) in [7, 11) is 1.94. The van der Waals surface area contributed by atoms with Crippen LogP contribution in [0.1, 0.15) is 37.6 Å². The SMILES string of the molecule is C=C(C)C(=O)NC12CC(c3c(-c4ccc(Oc5nccc(C)n5)c(F)c4)c4c(N)ncnc4n3C)(C1)C2. The monoisotopic (exact) mass is 499 g/mol. The average Bonchev–Trinajstić information content (AvgIpc) is 3.10. The first-order valence-electron chi connectivity index (χ1n) is 12.0. The molecular weight excluding hydrogens is 473 g/mol. The number of benzene rings is 1. The van der Waals surface area contributed by atoms with Crippen LogP contribution in [0.15, 0.2) is 48.9 Å². The van der Waals surface area contributed by atoms with E-state index < -0.39 is 5.82 Å². The Bertz CT molecular complexity index is 1610. The molecule has 37 heavy (non-hydrogen) atoms. The Kier molecular flexibility index (Phi) is 4.88. The first-order chi connectivity index (χ1) is 17.6. The summed E-state index contributed by atoms with van der Waals surface area (Å²) in [6.45, 7) is 7.25. The predicted octanol–water partition coefficient (Wildman–Crippen LogP) is 4.11. The van der Waals surface area contributed by atoms with Crippen molar-refractivity contribution >= 4 is 22.8 Å². The van der Waals surface area contributed by atoms with Crippen LogP contribution >= 0.6 is 0 Å². The molecule has 188 valence electrons. The number of carbonyl (C=O) groups excluding carboxylic acids is 1. The molecule has 0 atom stereocenters. The van der Waals surface area contributed by atoms with Crippen LogP contribution in [-0.2, 0) is 17.3 Å². The van der Waals surface area contributed by atoms with E-state index >= 15 is 4.39 Å². The van der Waals surface area contributed by atoms with Gasteiger partial charge in [0, 0.05) is 46.7 Å². The van der Waals surface area contributed by atoms with Crippen molar-refractivity contribution in [3.63, 3.8) is 0 Å². The number of anilines is 1. The summed E-state index contributed by atoms with van der Waals surface area (Å²) in [6.07, 6.45) is 5.32. The largest absolute Gasteiger partial charge is 0.421 e. The Labute approximate surface area is 212 Å². The molecule has 4 aromatic rings. The number of aromatic nitrogens is 5. The van der Waals surface area contributed by atoms with Gasteiger partial charge in [-0.1, -0.05) is 12.6 Å². The summed E-state index contributed by atoms with van der Waals surface area (Å²) in [5.41, 5.74) is 10.2. The Balaban J connectivity index is 1.41. The van der Waals surface area contributed by atoms with Gasteiger partial charge in [0.2, 0.25) is 5.91 Å². The second-order valence-corrected chi connectivity index (χ2v) is 10.3. The first-order valence-corrected chi connectivity index (χ1v) is 12.0. The fourth-order valence-corrected chi connectivity index (χ4v) is 6.01. The highest BCUT2D eigenvalue weighted by Gasteiger charge is 2.70. The maximum atomic E-state index is 15.3. The molecule has 0 saturated heterocycles. The smallest absolute Gasteiger partial charge is 0.322 e. The zero-order valence-corrected chi connectivity index (χ0v) is 20.8. The molecule has 10 heteroatoms. The number of nitrogen functional groups attached to an aromatic ring is 1. The van der Waals surface area contributed by atoms with Gasteiger partial charge < -0.3 is 20.4 Å². The molecule has 0 unspecified atom stereocenters. The zero-order valence-electron chi connectivity index (χ0n) is 20.8. The Morgan fingerprint density at radius 1 is 1.22 bits per heavy atom. The van der Waals surface area contributed by atoms with Crippen LogP contribution in [0.25, 0.3) is 22.2 Å². The predicted molar refractivity (Wildman–Crippen MR) is 136 cm³/mol. The van der Waals surface area contributed by atoms with Crippen LogP contribution in [0.2, 0.25) is 0 Å². The van der Waals surface area contributed by atoms with Gasteiger partial charge in [0.15, 0.2) is 11.6 Å². The minimum atomic E-state index is -0.552. The summed E-state index contributed by atoms with van der Waals surface area (Å²) in [4.78, 5) is 29.2.